The SMILES string of the molecule is CC(C)(C)[Si](C)(C)CC(C=O)=C1CCCCC1. The topological polar surface area (TPSA) is 17.1 Å². The van der Waals surface area contributed by atoms with E-state index < -0.39 is 8.07 Å². The minimum Gasteiger partial charge on any atom is -0.298 e. The molecule has 1 aliphatic carbocycles. The van der Waals surface area contributed by atoms with Crippen molar-refractivity contribution in [2.45, 2.75) is 77.1 Å². The normalized spacial score (nSPS) is 18.1. The second-order valence-electron chi connectivity index (χ2n) is 7.12. The summed E-state index contributed by atoms with van der Waals surface area (Å²) < 4.78 is 0. The smallest absolute Gasteiger partial charge is 0.145 e. The Hall–Kier alpha value is -0.373. The quantitative estimate of drug-likeness (QED) is 0.394. The zero-order chi connectivity index (χ0) is 13.1. The average Bonchev–Trinajstić information content (AvgIpc) is 2.25. The monoisotopic (exact) mass is 252 g/mol. The highest BCUT2D eigenvalue weighted by molar-refractivity contribution is 6.80. The lowest BCUT2D eigenvalue weighted by atomic mass is 9.92. The summed E-state index contributed by atoms with van der Waals surface area (Å²) in [7, 11) is -1.36. The number of aldehydes is 1. The van der Waals surface area contributed by atoms with Gasteiger partial charge in [-0.05, 0) is 42.3 Å². The highest BCUT2D eigenvalue weighted by Crippen LogP contribution is 2.41. The van der Waals surface area contributed by atoms with Gasteiger partial charge in [-0.15, -0.1) is 0 Å². The zero-order valence-electron chi connectivity index (χ0n) is 12.2. The molecule has 0 aliphatic heterocycles. The fourth-order valence-electron chi connectivity index (χ4n) is 2.29. The molecule has 1 fully saturated rings. The molecule has 0 aromatic heterocycles. The molecule has 0 aromatic carbocycles. The van der Waals surface area contributed by atoms with Crippen molar-refractivity contribution in [2.24, 2.45) is 0 Å². The molecule has 0 heterocycles. The van der Waals surface area contributed by atoms with E-state index in [0.29, 0.717) is 5.04 Å². The predicted molar refractivity (Wildman–Crippen MR) is 78.2 cm³/mol. The van der Waals surface area contributed by atoms with Crippen molar-refractivity contribution in [3.63, 3.8) is 0 Å². The molecule has 0 atom stereocenters. The van der Waals surface area contributed by atoms with Gasteiger partial charge in [-0.3, -0.25) is 4.79 Å². The minimum atomic E-state index is -1.36. The van der Waals surface area contributed by atoms with E-state index in [4.69, 9.17) is 0 Å². The Morgan fingerprint density at radius 3 is 2.12 bits per heavy atom. The summed E-state index contributed by atoms with van der Waals surface area (Å²) in [5.74, 6) is 0. The zero-order valence-corrected chi connectivity index (χ0v) is 13.2. The Balaban J connectivity index is 2.86. The largest absolute Gasteiger partial charge is 0.298 e. The van der Waals surface area contributed by atoms with Gasteiger partial charge in [0.15, 0.2) is 0 Å². The third-order valence-corrected chi connectivity index (χ3v) is 10.0. The Morgan fingerprint density at radius 2 is 1.71 bits per heavy atom. The van der Waals surface area contributed by atoms with Crippen LogP contribution in [0.4, 0.5) is 0 Å². The van der Waals surface area contributed by atoms with Gasteiger partial charge in [0.25, 0.3) is 0 Å². The second-order valence-corrected chi connectivity index (χ2v) is 12.7. The van der Waals surface area contributed by atoms with Crippen LogP contribution in [0.5, 0.6) is 0 Å². The van der Waals surface area contributed by atoms with E-state index in [9.17, 15) is 4.79 Å². The molecule has 0 N–H and O–H groups in total. The Bertz CT molecular complexity index is 299. The molecule has 98 valence electrons. The Labute approximate surface area is 108 Å². The average molecular weight is 252 g/mol. The van der Waals surface area contributed by atoms with Crippen LogP contribution >= 0.6 is 0 Å². The first kappa shape index (κ1) is 14.7. The molecule has 17 heavy (non-hydrogen) atoms. The van der Waals surface area contributed by atoms with Gasteiger partial charge in [0.05, 0.1) is 8.07 Å². The summed E-state index contributed by atoms with van der Waals surface area (Å²) in [5, 5.41) is 0.372. The lowest BCUT2D eigenvalue weighted by molar-refractivity contribution is -0.104. The molecule has 0 saturated heterocycles. The fourth-order valence-corrected chi connectivity index (χ4v) is 4.11. The van der Waals surface area contributed by atoms with E-state index in [1.54, 1.807) is 0 Å². The maximum absolute atomic E-state index is 11.4. The van der Waals surface area contributed by atoms with E-state index in [1.165, 1.54) is 37.7 Å². The van der Waals surface area contributed by atoms with E-state index in [-0.39, 0.29) is 0 Å². The van der Waals surface area contributed by atoms with Gasteiger partial charge in [-0.1, -0.05) is 45.9 Å². The van der Waals surface area contributed by atoms with Crippen molar-refractivity contribution in [3.8, 4) is 0 Å². The highest BCUT2D eigenvalue weighted by Gasteiger charge is 2.36. The molecule has 0 aromatic rings. The summed E-state index contributed by atoms with van der Waals surface area (Å²) in [5.41, 5.74) is 2.62. The summed E-state index contributed by atoms with van der Waals surface area (Å²) in [6, 6.07) is 1.06. The molecule has 1 rings (SSSR count). The number of hydrogen-bond acceptors (Lipinski definition) is 1. The summed E-state index contributed by atoms with van der Waals surface area (Å²) >= 11 is 0. The van der Waals surface area contributed by atoms with Gasteiger partial charge in [-0.2, -0.15) is 0 Å². The van der Waals surface area contributed by atoms with Gasteiger partial charge >= 0.3 is 0 Å². The summed E-state index contributed by atoms with van der Waals surface area (Å²) in [6.45, 7) is 11.8. The molecule has 1 nitrogen and oxygen atoms in total. The van der Waals surface area contributed by atoms with Gasteiger partial charge in [0.2, 0.25) is 0 Å². The van der Waals surface area contributed by atoms with Crippen LogP contribution in [0.3, 0.4) is 0 Å². The minimum absolute atomic E-state index is 0.372. The number of carbonyl (C=O) groups excluding carboxylic acids is 1. The van der Waals surface area contributed by atoms with Crippen LogP contribution in [0.15, 0.2) is 11.1 Å². The third kappa shape index (κ3) is 3.80. The van der Waals surface area contributed by atoms with Gasteiger partial charge in [-0.25, -0.2) is 0 Å². The molecule has 1 saturated carbocycles. The number of hydrogen-bond donors (Lipinski definition) is 0. The van der Waals surface area contributed by atoms with Crippen molar-refractivity contribution < 1.29 is 4.79 Å². The van der Waals surface area contributed by atoms with Crippen LogP contribution in [-0.2, 0) is 4.79 Å². The van der Waals surface area contributed by atoms with Crippen LogP contribution in [0.25, 0.3) is 0 Å². The standard InChI is InChI=1S/C15H28OSi/c1-15(2,3)17(4,5)12-14(11-16)13-9-7-6-8-10-13/h11H,6-10,12H2,1-5H3. The Kier molecular flexibility index (Phi) is 4.76. The van der Waals surface area contributed by atoms with Gasteiger partial charge in [0, 0.05) is 0 Å². The first-order valence-electron chi connectivity index (χ1n) is 6.94. The molecular weight excluding hydrogens is 224 g/mol. The maximum Gasteiger partial charge on any atom is 0.145 e. The molecule has 0 unspecified atom stereocenters. The van der Waals surface area contributed by atoms with E-state index in [2.05, 4.69) is 33.9 Å². The summed E-state index contributed by atoms with van der Waals surface area (Å²) in [4.78, 5) is 11.4. The van der Waals surface area contributed by atoms with Gasteiger partial charge < -0.3 is 0 Å². The highest BCUT2D eigenvalue weighted by atomic mass is 28.3. The third-order valence-electron chi connectivity index (χ3n) is 4.72. The van der Waals surface area contributed by atoms with Crippen molar-refractivity contribution in [3.05, 3.63) is 11.1 Å². The van der Waals surface area contributed by atoms with Crippen molar-refractivity contribution in [1.82, 2.24) is 0 Å². The predicted octanol–water partition coefficient (Wildman–Crippen LogP) is 4.95. The molecule has 0 amide bonds. The van der Waals surface area contributed by atoms with Crippen LogP contribution in [-0.4, -0.2) is 14.4 Å². The van der Waals surface area contributed by atoms with Crippen LogP contribution in [0.1, 0.15) is 52.9 Å². The first-order valence-corrected chi connectivity index (χ1v) is 10.1. The van der Waals surface area contributed by atoms with Crippen LogP contribution < -0.4 is 0 Å². The van der Waals surface area contributed by atoms with Crippen molar-refractivity contribution in [2.75, 3.05) is 0 Å². The van der Waals surface area contributed by atoms with E-state index in [0.717, 1.165) is 17.9 Å². The number of allylic oxidation sites excluding steroid dienone is 2. The first-order chi connectivity index (χ1) is 7.78. The van der Waals surface area contributed by atoms with Crippen LogP contribution in [0.2, 0.25) is 24.2 Å². The molecule has 1 aliphatic rings. The maximum atomic E-state index is 11.4. The van der Waals surface area contributed by atoms with Crippen molar-refractivity contribution >= 4 is 14.4 Å². The molecule has 0 radical (unpaired) electrons. The summed E-state index contributed by atoms with van der Waals surface area (Å²) in [6.07, 6.45) is 7.40. The van der Waals surface area contributed by atoms with Crippen LogP contribution in [0, 0.1) is 0 Å². The molecule has 0 bridgehead atoms. The lowest BCUT2D eigenvalue weighted by Gasteiger charge is -2.37. The number of rotatable bonds is 3. The van der Waals surface area contributed by atoms with E-state index >= 15 is 0 Å². The second kappa shape index (κ2) is 5.51. The van der Waals surface area contributed by atoms with Gasteiger partial charge in [0.1, 0.15) is 6.29 Å². The molecule has 0 spiro atoms. The fraction of sp³-hybridized carbons (Fsp3) is 0.800. The number of carbonyl (C=O) groups is 1. The molecule has 2 heteroatoms. The molecular formula is C15H28OSi. The van der Waals surface area contributed by atoms with E-state index in [1.807, 2.05) is 0 Å². The lowest BCUT2D eigenvalue weighted by Crippen LogP contribution is -2.37. The van der Waals surface area contributed by atoms with Crippen molar-refractivity contribution in [1.29, 1.82) is 0 Å². The Morgan fingerprint density at radius 1 is 1.18 bits per heavy atom.